The molecule has 0 atom stereocenters. The Kier molecular flexibility index (Phi) is 1.58. The van der Waals surface area contributed by atoms with E-state index in [-0.39, 0.29) is 17.1 Å². The molecule has 1 aromatic carbocycles. The van der Waals surface area contributed by atoms with E-state index in [0.29, 0.717) is 5.39 Å². The number of hydrogen-bond donors (Lipinski definition) is 2. The highest BCUT2D eigenvalue weighted by molar-refractivity contribution is 5.89. The number of nitrogens with two attached hydrogens (primary N) is 1. The lowest BCUT2D eigenvalue weighted by atomic mass is 10.2. The Balaban J connectivity index is 2.80. The second kappa shape index (κ2) is 2.62. The molecule has 13 heavy (non-hydrogen) atoms. The standard InChI is InChI=1S/C8H8FN3O/c1-13-5-3-2-4-7(6(5)9)11-12-8(4)10/h2-3H,1H3,(H3,10,11,12). The molecule has 0 aliphatic carbocycles. The van der Waals surface area contributed by atoms with Gasteiger partial charge in [0, 0.05) is 5.39 Å². The van der Waals surface area contributed by atoms with Gasteiger partial charge in [0.15, 0.2) is 17.4 Å². The quantitative estimate of drug-likeness (QED) is 0.696. The van der Waals surface area contributed by atoms with Crippen LogP contribution in [0.3, 0.4) is 0 Å². The first-order chi connectivity index (χ1) is 6.24. The molecule has 0 radical (unpaired) electrons. The maximum Gasteiger partial charge on any atom is 0.190 e. The van der Waals surface area contributed by atoms with Crippen LogP contribution in [-0.4, -0.2) is 17.3 Å². The number of benzene rings is 1. The normalized spacial score (nSPS) is 10.6. The monoisotopic (exact) mass is 181 g/mol. The Morgan fingerprint density at radius 1 is 1.54 bits per heavy atom. The molecular formula is C8H8FN3O. The van der Waals surface area contributed by atoms with Crippen molar-refractivity contribution in [2.24, 2.45) is 0 Å². The predicted octanol–water partition coefficient (Wildman–Crippen LogP) is 1.29. The minimum absolute atomic E-state index is 0.177. The molecule has 0 fully saturated rings. The molecular weight excluding hydrogens is 173 g/mol. The van der Waals surface area contributed by atoms with Crippen LogP contribution in [0.25, 0.3) is 10.9 Å². The molecule has 3 N–H and O–H groups in total. The molecule has 1 heterocycles. The molecule has 4 nitrogen and oxygen atoms in total. The number of anilines is 1. The zero-order chi connectivity index (χ0) is 9.42. The fraction of sp³-hybridized carbons (Fsp3) is 0.125. The highest BCUT2D eigenvalue weighted by atomic mass is 19.1. The molecule has 0 saturated carbocycles. The number of nitrogen functional groups attached to an aromatic ring is 1. The smallest absolute Gasteiger partial charge is 0.190 e. The predicted molar refractivity (Wildman–Crippen MR) is 47.0 cm³/mol. The minimum atomic E-state index is -0.468. The van der Waals surface area contributed by atoms with Gasteiger partial charge in [-0.15, -0.1) is 0 Å². The van der Waals surface area contributed by atoms with Crippen molar-refractivity contribution >= 4 is 16.7 Å². The van der Waals surface area contributed by atoms with Crippen LogP contribution in [0.5, 0.6) is 5.75 Å². The molecule has 0 unspecified atom stereocenters. The summed E-state index contributed by atoms with van der Waals surface area (Å²) in [5.41, 5.74) is 5.76. The molecule has 5 heteroatoms. The molecule has 0 aliphatic heterocycles. The molecule has 0 bridgehead atoms. The van der Waals surface area contributed by atoms with E-state index in [0.717, 1.165) is 0 Å². The van der Waals surface area contributed by atoms with E-state index in [1.165, 1.54) is 13.2 Å². The van der Waals surface area contributed by atoms with Crippen LogP contribution >= 0.6 is 0 Å². The van der Waals surface area contributed by atoms with Crippen LogP contribution < -0.4 is 10.5 Å². The summed E-state index contributed by atoms with van der Waals surface area (Å²) in [6, 6.07) is 3.18. The van der Waals surface area contributed by atoms with Gasteiger partial charge in [0.1, 0.15) is 5.52 Å². The fourth-order valence-electron chi connectivity index (χ4n) is 1.21. The number of aromatic amines is 1. The number of methoxy groups -OCH3 is 1. The third-order valence-corrected chi connectivity index (χ3v) is 1.89. The topological polar surface area (TPSA) is 63.9 Å². The Bertz CT molecular complexity index is 452. The van der Waals surface area contributed by atoms with Crippen molar-refractivity contribution in [3.05, 3.63) is 17.9 Å². The van der Waals surface area contributed by atoms with E-state index in [4.69, 9.17) is 10.5 Å². The van der Waals surface area contributed by atoms with Gasteiger partial charge in [0.2, 0.25) is 0 Å². The lowest BCUT2D eigenvalue weighted by Crippen LogP contribution is -1.89. The van der Waals surface area contributed by atoms with Gasteiger partial charge >= 0.3 is 0 Å². The number of nitrogens with zero attached hydrogens (tertiary/aromatic N) is 1. The summed E-state index contributed by atoms with van der Waals surface area (Å²) in [7, 11) is 1.41. The zero-order valence-electron chi connectivity index (χ0n) is 6.97. The maximum atomic E-state index is 13.4. The van der Waals surface area contributed by atoms with E-state index >= 15 is 0 Å². The molecule has 2 rings (SSSR count). The van der Waals surface area contributed by atoms with Crippen molar-refractivity contribution in [1.82, 2.24) is 10.2 Å². The number of ether oxygens (including phenoxy) is 1. The Hall–Kier alpha value is -1.78. The van der Waals surface area contributed by atoms with Gasteiger partial charge in [-0.25, -0.2) is 4.39 Å². The largest absolute Gasteiger partial charge is 0.494 e. The van der Waals surface area contributed by atoms with Crippen molar-refractivity contribution in [3.63, 3.8) is 0 Å². The van der Waals surface area contributed by atoms with Gasteiger partial charge in [-0.2, -0.15) is 5.10 Å². The van der Waals surface area contributed by atoms with Crippen LogP contribution in [0.15, 0.2) is 12.1 Å². The highest BCUT2D eigenvalue weighted by Gasteiger charge is 2.11. The van der Waals surface area contributed by atoms with Crippen LogP contribution in [-0.2, 0) is 0 Å². The number of aromatic nitrogens is 2. The van der Waals surface area contributed by atoms with Crippen LogP contribution in [0, 0.1) is 5.82 Å². The molecule has 0 amide bonds. The average Bonchev–Trinajstić information content (AvgIpc) is 2.50. The minimum Gasteiger partial charge on any atom is -0.494 e. The third-order valence-electron chi connectivity index (χ3n) is 1.89. The third kappa shape index (κ3) is 1.00. The summed E-state index contributed by atoms with van der Waals surface area (Å²) in [6.45, 7) is 0. The number of nitrogens with one attached hydrogen (secondary N) is 1. The SMILES string of the molecule is COc1ccc2c(N)n[nH]c2c1F. The van der Waals surface area contributed by atoms with Crippen molar-refractivity contribution in [2.45, 2.75) is 0 Å². The lowest BCUT2D eigenvalue weighted by molar-refractivity contribution is 0.388. The highest BCUT2D eigenvalue weighted by Crippen LogP contribution is 2.27. The van der Waals surface area contributed by atoms with Gasteiger partial charge in [0.05, 0.1) is 7.11 Å². The fourth-order valence-corrected chi connectivity index (χ4v) is 1.21. The van der Waals surface area contributed by atoms with Gasteiger partial charge in [-0.1, -0.05) is 0 Å². The summed E-state index contributed by atoms with van der Waals surface area (Å²) in [5, 5.41) is 6.76. The second-order valence-corrected chi connectivity index (χ2v) is 2.61. The molecule has 0 saturated heterocycles. The maximum absolute atomic E-state index is 13.4. The summed E-state index contributed by atoms with van der Waals surface area (Å²) in [4.78, 5) is 0. The molecule has 0 spiro atoms. The zero-order valence-corrected chi connectivity index (χ0v) is 6.97. The van der Waals surface area contributed by atoms with Crippen molar-refractivity contribution in [2.75, 3.05) is 12.8 Å². The van der Waals surface area contributed by atoms with Crippen molar-refractivity contribution in [1.29, 1.82) is 0 Å². The van der Waals surface area contributed by atoms with Crippen LogP contribution in [0.1, 0.15) is 0 Å². The van der Waals surface area contributed by atoms with Crippen molar-refractivity contribution < 1.29 is 9.13 Å². The van der Waals surface area contributed by atoms with Gasteiger partial charge < -0.3 is 10.5 Å². The van der Waals surface area contributed by atoms with Crippen molar-refractivity contribution in [3.8, 4) is 5.75 Å². The van der Waals surface area contributed by atoms with Crippen LogP contribution in [0.2, 0.25) is 0 Å². The van der Waals surface area contributed by atoms with E-state index in [1.54, 1.807) is 6.07 Å². The van der Waals surface area contributed by atoms with E-state index in [9.17, 15) is 4.39 Å². The molecule has 1 aromatic heterocycles. The Morgan fingerprint density at radius 2 is 2.31 bits per heavy atom. The average molecular weight is 181 g/mol. The number of H-pyrrole nitrogens is 1. The first-order valence-corrected chi connectivity index (χ1v) is 3.70. The number of hydrogen-bond acceptors (Lipinski definition) is 3. The molecule has 0 aliphatic rings. The van der Waals surface area contributed by atoms with Gasteiger partial charge in [-0.05, 0) is 12.1 Å². The summed E-state index contributed by atoms with van der Waals surface area (Å²) < 4.78 is 18.2. The number of rotatable bonds is 1. The van der Waals surface area contributed by atoms with E-state index < -0.39 is 5.82 Å². The van der Waals surface area contributed by atoms with Crippen LogP contribution in [0.4, 0.5) is 10.2 Å². The lowest BCUT2D eigenvalue weighted by Gasteiger charge is -2.00. The summed E-state index contributed by atoms with van der Waals surface area (Å²) >= 11 is 0. The van der Waals surface area contributed by atoms with E-state index in [2.05, 4.69) is 10.2 Å². The first-order valence-electron chi connectivity index (χ1n) is 3.70. The number of fused-ring (bicyclic) bond motifs is 1. The Morgan fingerprint density at radius 3 is 3.00 bits per heavy atom. The summed E-state index contributed by atoms with van der Waals surface area (Å²) in [5.74, 6) is -0.00287. The second-order valence-electron chi connectivity index (χ2n) is 2.61. The van der Waals surface area contributed by atoms with Gasteiger partial charge in [-0.3, -0.25) is 5.10 Å². The summed E-state index contributed by atoms with van der Waals surface area (Å²) in [6.07, 6.45) is 0. The van der Waals surface area contributed by atoms with E-state index in [1.807, 2.05) is 0 Å². The first kappa shape index (κ1) is 7.85. The number of halogens is 1. The molecule has 68 valence electrons. The molecule has 2 aromatic rings. The Labute approximate surface area is 73.5 Å². The van der Waals surface area contributed by atoms with Gasteiger partial charge in [0.25, 0.3) is 0 Å².